The number of thiophene rings is 1. The Morgan fingerprint density at radius 2 is 2.19 bits per heavy atom. The van der Waals surface area contributed by atoms with E-state index in [1.54, 1.807) is 12.1 Å². The van der Waals surface area contributed by atoms with Crippen LogP contribution in [0.3, 0.4) is 0 Å². The van der Waals surface area contributed by atoms with Crippen LogP contribution in [0, 0.1) is 0 Å². The minimum absolute atomic E-state index is 0.0435. The molecule has 134 valence electrons. The smallest absolute Gasteiger partial charge is 0.310 e. The fourth-order valence-corrected chi connectivity index (χ4v) is 3.37. The Morgan fingerprint density at radius 1 is 1.31 bits per heavy atom. The van der Waals surface area contributed by atoms with E-state index in [0.717, 1.165) is 5.56 Å². The number of aromatic nitrogens is 2. The molecule has 0 spiro atoms. The summed E-state index contributed by atoms with van der Waals surface area (Å²) in [5.41, 5.74) is 1.54. The normalized spacial score (nSPS) is 12.8. The molecule has 0 saturated heterocycles. The van der Waals surface area contributed by atoms with Crippen molar-refractivity contribution in [2.24, 2.45) is 0 Å². The average Bonchev–Trinajstić information content (AvgIpc) is 3.31. The van der Waals surface area contributed by atoms with Crippen molar-refractivity contribution in [2.75, 3.05) is 13.2 Å². The second-order valence-corrected chi connectivity index (χ2v) is 6.65. The van der Waals surface area contributed by atoms with E-state index in [1.807, 2.05) is 16.8 Å². The zero-order valence-electron chi connectivity index (χ0n) is 13.4. The molecule has 3 aromatic rings. The predicted molar refractivity (Wildman–Crippen MR) is 93.6 cm³/mol. The van der Waals surface area contributed by atoms with Gasteiger partial charge in [0.2, 0.25) is 5.82 Å². The van der Waals surface area contributed by atoms with Crippen LogP contribution < -0.4 is 9.47 Å². The topological polar surface area (TPSA) is 83.7 Å². The highest BCUT2D eigenvalue weighted by Gasteiger charge is 2.18. The maximum atomic E-state index is 12.1. The third-order valence-electron chi connectivity index (χ3n) is 3.61. The first-order valence-electron chi connectivity index (χ1n) is 7.78. The molecule has 0 radical (unpaired) electrons. The number of carbonyl (C=O) groups is 1. The number of fused-ring (bicyclic) bond motifs is 1. The number of hydrogen-bond donors (Lipinski definition) is 0. The molecule has 0 atom stereocenters. The Kier molecular flexibility index (Phi) is 4.77. The summed E-state index contributed by atoms with van der Waals surface area (Å²) in [4.78, 5) is 16.3. The van der Waals surface area contributed by atoms with E-state index >= 15 is 0 Å². The number of carbonyl (C=O) groups excluding carboxylic acids is 1. The van der Waals surface area contributed by atoms with Crippen LogP contribution in [0.2, 0.25) is 5.02 Å². The van der Waals surface area contributed by atoms with Crippen molar-refractivity contribution in [1.29, 1.82) is 0 Å². The molecular weight excluding hydrogens is 380 g/mol. The molecule has 7 nitrogen and oxygen atoms in total. The number of rotatable bonds is 5. The van der Waals surface area contributed by atoms with E-state index in [4.69, 9.17) is 30.3 Å². The lowest BCUT2D eigenvalue weighted by molar-refractivity contribution is -0.144. The van der Waals surface area contributed by atoms with Crippen molar-refractivity contribution < 1.29 is 23.5 Å². The first-order chi connectivity index (χ1) is 12.7. The summed E-state index contributed by atoms with van der Waals surface area (Å²) in [5, 5.41) is 8.10. The number of halogens is 1. The predicted octanol–water partition coefficient (Wildman–Crippen LogP) is 3.51. The van der Waals surface area contributed by atoms with E-state index < -0.39 is 5.97 Å². The Labute approximate surface area is 157 Å². The lowest BCUT2D eigenvalue weighted by atomic mass is 10.1. The van der Waals surface area contributed by atoms with Gasteiger partial charge in [0.15, 0.2) is 18.1 Å². The van der Waals surface area contributed by atoms with E-state index in [0.29, 0.717) is 41.1 Å². The summed E-state index contributed by atoms with van der Waals surface area (Å²) in [6, 6.07) is 5.28. The second kappa shape index (κ2) is 7.35. The standard InChI is InChI=1S/C17H13ClN2O5S/c18-12-5-10(6-13-16(12)23-3-2-22-13)7-15(21)24-8-14-19-17(20-25-14)11-1-4-26-9-11/h1,4-6,9H,2-3,7-8H2. The minimum atomic E-state index is -0.437. The Hall–Kier alpha value is -2.58. The molecular formula is C17H13ClN2O5S. The SMILES string of the molecule is O=C(Cc1cc(Cl)c2c(c1)OCCO2)OCc1nc(-c2ccsc2)no1. The maximum Gasteiger partial charge on any atom is 0.310 e. The molecule has 0 amide bonds. The van der Waals surface area contributed by atoms with E-state index in [-0.39, 0.29) is 18.9 Å². The van der Waals surface area contributed by atoms with Gasteiger partial charge in [0.1, 0.15) is 13.2 Å². The third kappa shape index (κ3) is 3.66. The highest BCUT2D eigenvalue weighted by Crippen LogP contribution is 2.38. The largest absolute Gasteiger partial charge is 0.486 e. The van der Waals surface area contributed by atoms with Gasteiger partial charge < -0.3 is 18.7 Å². The number of nitrogens with zero attached hydrogens (tertiary/aromatic N) is 2. The van der Waals surface area contributed by atoms with Crippen LogP contribution in [0.1, 0.15) is 11.5 Å². The number of benzene rings is 1. The zero-order chi connectivity index (χ0) is 17.9. The molecule has 0 aliphatic carbocycles. The molecule has 1 aliphatic heterocycles. The van der Waals surface area contributed by atoms with E-state index in [2.05, 4.69) is 10.1 Å². The van der Waals surface area contributed by atoms with Crippen LogP contribution in [0.25, 0.3) is 11.4 Å². The fraction of sp³-hybridized carbons (Fsp3) is 0.235. The molecule has 1 aromatic carbocycles. The molecule has 9 heteroatoms. The zero-order valence-corrected chi connectivity index (χ0v) is 15.0. The van der Waals surface area contributed by atoms with Crippen LogP contribution in [0.4, 0.5) is 0 Å². The number of ether oxygens (including phenoxy) is 3. The maximum absolute atomic E-state index is 12.1. The highest BCUT2D eigenvalue weighted by atomic mass is 35.5. The number of hydrogen-bond acceptors (Lipinski definition) is 8. The quantitative estimate of drug-likeness (QED) is 0.614. The second-order valence-electron chi connectivity index (χ2n) is 5.46. The van der Waals surface area contributed by atoms with Crippen molar-refractivity contribution >= 4 is 28.9 Å². The van der Waals surface area contributed by atoms with Gasteiger partial charge in [-0.1, -0.05) is 16.8 Å². The Balaban J connectivity index is 1.36. The van der Waals surface area contributed by atoms with Crippen LogP contribution in [-0.4, -0.2) is 29.3 Å². The van der Waals surface area contributed by atoms with Gasteiger partial charge in [0.05, 0.1) is 11.4 Å². The Bertz CT molecular complexity index is 925. The monoisotopic (exact) mass is 392 g/mol. The molecule has 0 saturated carbocycles. The Morgan fingerprint density at radius 3 is 3.04 bits per heavy atom. The van der Waals surface area contributed by atoms with Gasteiger partial charge in [-0.05, 0) is 29.1 Å². The minimum Gasteiger partial charge on any atom is -0.486 e. The molecule has 4 rings (SSSR count). The molecule has 26 heavy (non-hydrogen) atoms. The van der Waals surface area contributed by atoms with Gasteiger partial charge in [0, 0.05) is 10.9 Å². The summed E-state index contributed by atoms with van der Waals surface area (Å²) in [5.74, 6) is 1.30. The fourth-order valence-electron chi connectivity index (χ4n) is 2.45. The van der Waals surface area contributed by atoms with Crippen molar-refractivity contribution in [2.45, 2.75) is 13.0 Å². The molecule has 3 heterocycles. The average molecular weight is 393 g/mol. The summed E-state index contributed by atoms with van der Waals surface area (Å²) in [7, 11) is 0. The molecule has 0 unspecified atom stereocenters. The van der Waals surface area contributed by atoms with Gasteiger partial charge in [0.25, 0.3) is 5.89 Å². The van der Waals surface area contributed by atoms with Gasteiger partial charge in [-0.2, -0.15) is 16.3 Å². The lowest BCUT2D eigenvalue weighted by Gasteiger charge is -2.20. The lowest BCUT2D eigenvalue weighted by Crippen LogP contribution is -2.16. The molecule has 0 fully saturated rings. The summed E-state index contributed by atoms with van der Waals surface area (Å²) >= 11 is 7.70. The van der Waals surface area contributed by atoms with Gasteiger partial charge >= 0.3 is 5.97 Å². The van der Waals surface area contributed by atoms with Crippen molar-refractivity contribution in [3.8, 4) is 22.9 Å². The summed E-state index contributed by atoms with van der Waals surface area (Å²) in [6.45, 7) is 0.806. The molecule has 0 bridgehead atoms. The van der Waals surface area contributed by atoms with Crippen LogP contribution in [0.5, 0.6) is 11.5 Å². The first-order valence-corrected chi connectivity index (χ1v) is 9.10. The van der Waals surface area contributed by atoms with Gasteiger partial charge in [-0.15, -0.1) is 0 Å². The van der Waals surface area contributed by atoms with Crippen LogP contribution >= 0.6 is 22.9 Å². The molecule has 1 aliphatic rings. The van der Waals surface area contributed by atoms with Crippen LogP contribution in [-0.2, 0) is 22.6 Å². The van der Waals surface area contributed by atoms with Crippen molar-refractivity contribution in [3.63, 3.8) is 0 Å². The van der Waals surface area contributed by atoms with Gasteiger partial charge in [-0.3, -0.25) is 4.79 Å². The molecule has 2 aromatic heterocycles. The molecule has 0 N–H and O–H groups in total. The van der Waals surface area contributed by atoms with Gasteiger partial charge in [-0.25, -0.2) is 0 Å². The van der Waals surface area contributed by atoms with E-state index in [9.17, 15) is 4.79 Å². The van der Waals surface area contributed by atoms with Crippen molar-refractivity contribution in [1.82, 2.24) is 10.1 Å². The van der Waals surface area contributed by atoms with E-state index in [1.165, 1.54) is 11.3 Å². The van der Waals surface area contributed by atoms with Crippen LogP contribution in [0.15, 0.2) is 33.5 Å². The third-order valence-corrected chi connectivity index (χ3v) is 4.57. The van der Waals surface area contributed by atoms with Crippen molar-refractivity contribution in [3.05, 3.63) is 45.4 Å². The first kappa shape index (κ1) is 16.9. The summed E-state index contributed by atoms with van der Waals surface area (Å²) in [6.07, 6.45) is 0.0435. The number of esters is 1. The highest BCUT2D eigenvalue weighted by molar-refractivity contribution is 7.08. The summed E-state index contributed by atoms with van der Waals surface area (Å²) < 4.78 is 21.2.